The largest absolute Gasteiger partial charge is 0.392 e. The second-order valence-corrected chi connectivity index (χ2v) is 17.4. The summed E-state index contributed by atoms with van der Waals surface area (Å²) in [5.74, 6) is -0.619. The van der Waals surface area contributed by atoms with E-state index >= 15 is 0 Å². The molecule has 12 heteroatoms. The van der Waals surface area contributed by atoms with Crippen LogP contribution in [0.25, 0.3) is 0 Å². The molecule has 10 aliphatic rings. The number of methoxy groups -OCH3 is 1. The molecule has 52 heavy (non-hydrogen) atoms. The molecule has 0 radical (unpaired) electrons. The molecule has 1 spiro atoms. The number of Topliss-reactive ketones (excluding diaryl/α,β-unsaturated/α-hetero) is 1. The van der Waals surface area contributed by atoms with Gasteiger partial charge in [0.15, 0.2) is 5.79 Å². The lowest BCUT2D eigenvalue weighted by molar-refractivity contribution is -0.292. The van der Waals surface area contributed by atoms with Crippen LogP contribution in [0.4, 0.5) is 0 Å². The first-order chi connectivity index (χ1) is 25.1. The molecular formula is C40H59NO11. The molecule has 0 aromatic heterocycles. The summed E-state index contributed by atoms with van der Waals surface area (Å²) in [4.78, 5) is 14.1. The lowest BCUT2D eigenvalue weighted by atomic mass is 9.81. The number of hydrogen-bond donors (Lipinski definition) is 2. The minimum Gasteiger partial charge on any atom is -0.392 e. The molecule has 0 saturated carbocycles. The number of carbonyl (C=O) groups excluding carboxylic acids is 1. The van der Waals surface area contributed by atoms with Crippen LogP contribution in [0, 0.1) is 11.8 Å². The van der Waals surface area contributed by atoms with Crippen molar-refractivity contribution >= 4 is 5.78 Å². The third-order valence-electron chi connectivity index (χ3n) is 14.0. The summed E-state index contributed by atoms with van der Waals surface area (Å²) in [5, 5.41) is 10.5. The summed E-state index contributed by atoms with van der Waals surface area (Å²) in [6.45, 7) is 11.3. The van der Waals surface area contributed by atoms with E-state index in [0.717, 1.165) is 56.1 Å². The Bertz CT molecular complexity index is 1380. The van der Waals surface area contributed by atoms with Gasteiger partial charge in [0.2, 0.25) is 0 Å². The molecule has 10 saturated heterocycles. The van der Waals surface area contributed by atoms with Gasteiger partial charge in [-0.1, -0.05) is 20.1 Å². The topological polar surface area (TPSA) is 146 Å². The number of nitrogens with two attached hydrogens (primary N) is 1. The van der Waals surface area contributed by atoms with Gasteiger partial charge in [0.25, 0.3) is 0 Å². The van der Waals surface area contributed by atoms with Crippen molar-refractivity contribution in [3.63, 3.8) is 0 Å². The Hall–Kier alpha value is -1.29. The highest BCUT2D eigenvalue weighted by Crippen LogP contribution is 2.54. The van der Waals surface area contributed by atoms with Crippen molar-refractivity contribution < 1.29 is 52.5 Å². The molecule has 3 unspecified atom stereocenters. The normalized spacial score (nSPS) is 52.4. The van der Waals surface area contributed by atoms with E-state index in [0.29, 0.717) is 25.7 Å². The first kappa shape index (κ1) is 36.4. The van der Waals surface area contributed by atoms with Gasteiger partial charge in [0, 0.05) is 58.1 Å². The second kappa shape index (κ2) is 14.3. The number of ketones is 1. The predicted molar refractivity (Wildman–Crippen MR) is 186 cm³/mol. The van der Waals surface area contributed by atoms with Crippen molar-refractivity contribution in [2.75, 3.05) is 13.7 Å². The number of fused-ring (bicyclic) bond motifs is 6. The number of rotatable bonds is 4. The predicted octanol–water partition coefficient (Wildman–Crippen LogP) is 3.44. The minimum atomic E-state index is -0.780. The Morgan fingerprint density at radius 2 is 1.56 bits per heavy atom. The van der Waals surface area contributed by atoms with Crippen molar-refractivity contribution in [1.82, 2.24) is 0 Å². The molecule has 0 aromatic carbocycles. The Kier molecular flexibility index (Phi) is 10.0. The molecule has 10 aliphatic heterocycles. The molecule has 10 rings (SSSR count). The van der Waals surface area contributed by atoms with E-state index in [1.54, 1.807) is 7.11 Å². The van der Waals surface area contributed by atoms with E-state index in [9.17, 15) is 9.90 Å². The number of aliphatic hydroxyl groups is 1. The van der Waals surface area contributed by atoms with Crippen LogP contribution in [0.15, 0.2) is 24.3 Å². The van der Waals surface area contributed by atoms with Gasteiger partial charge in [-0.3, -0.25) is 4.79 Å². The van der Waals surface area contributed by atoms with Crippen LogP contribution in [-0.4, -0.2) is 128 Å². The van der Waals surface area contributed by atoms with Gasteiger partial charge in [-0.25, -0.2) is 0 Å². The SMILES string of the molecule is C=C1C[C@@H]2CCC34C[C@H]5OC6[C@@H](OC7CC[C@H](CC(=O)C[C@@H]8[C@@H](OC)[C@@H](C[C@H](O)CN)O[C@H]8C[C@H]8O[C@@H](CC[C@@H]1O2)C[C@@H](C)C8=C)O[C@@H]7[C@@H]6O3)[C@H]5O4. The summed E-state index contributed by atoms with van der Waals surface area (Å²) in [5.41, 5.74) is 8.01. The first-order valence-electron chi connectivity index (χ1n) is 20.2. The standard InChI is InChI=1S/C40H59NO11/c1-19-11-24-5-7-28-20(2)12-26(45-28)9-10-40-17-33-36(51-40)37-38(50-33)39(52-40)35-29(49-37)8-6-25(47-35)13-22(42)14-27-31(16-30(46-24)21(19)3)48-32(34(27)44-4)15-23(43)18-41/h19,23-39,43H,2-3,5-18,41H2,1,4H3/t19-,23+,24+,25-,26+,27+,28+,29?,30-,31+,32-,33-,34-,35+,36+,37+,38?,39+,40?/m1/s1. The Labute approximate surface area is 307 Å². The summed E-state index contributed by atoms with van der Waals surface area (Å²) in [6.07, 6.45) is 4.85. The summed E-state index contributed by atoms with van der Waals surface area (Å²) >= 11 is 0. The van der Waals surface area contributed by atoms with Crippen LogP contribution < -0.4 is 5.73 Å². The van der Waals surface area contributed by atoms with Crippen molar-refractivity contribution in [2.45, 2.75) is 194 Å². The maximum absolute atomic E-state index is 14.1. The van der Waals surface area contributed by atoms with E-state index in [2.05, 4.69) is 20.1 Å². The number of ether oxygens (including phenoxy) is 9. The van der Waals surface area contributed by atoms with Crippen LogP contribution in [-0.2, 0) is 47.4 Å². The smallest absolute Gasteiger partial charge is 0.172 e. The Morgan fingerprint density at radius 3 is 2.38 bits per heavy atom. The van der Waals surface area contributed by atoms with E-state index < -0.39 is 18.0 Å². The Morgan fingerprint density at radius 1 is 0.808 bits per heavy atom. The van der Waals surface area contributed by atoms with Gasteiger partial charge in [0.1, 0.15) is 36.3 Å². The highest BCUT2D eigenvalue weighted by atomic mass is 16.8. The van der Waals surface area contributed by atoms with E-state index in [4.69, 9.17) is 48.4 Å². The quantitative estimate of drug-likeness (QED) is 0.409. The van der Waals surface area contributed by atoms with E-state index in [1.807, 2.05) is 0 Å². The molecule has 0 amide bonds. The molecule has 0 aromatic rings. The Balaban J connectivity index is 0.994. The second-order valence-electron chi connectivity index (χ2n) is 17.4. The van der Waals surface area contributed by atoms with Gasteiger partial charge in [-0.15, -0.1) is 0 Å². The molecule has 12 bridgehead atoms. The van der Waals surface area contributed by atoms with Crippen LogP contribution in [0.3, 0.4) is 0 Å². The third-order valence-corrected chi connectivity index (χ3v) is 14.0. The van der Waals surface area contributed by atoms with Gasteiger partial charge in [-0.2, -0.15) is 0 Å². The number of aliphatic hydroxyl groups excluding tert-OH is 1. The van der Waals surface area contributed by atoms with Crippen LogP contribution in [0.2, 0.25) is 0 Å². The van der Waals surface area contributed by atoms with Gasteiger partial charge in [0.05, 0.1) is 67.1 Å². The monoisotopic (exact) mass is 729 g/mol. The zero-order chi connectivity index (χ0) is 35.9. The van der Waals surface area contributed by atoms with Crippen LogP contribution >= 0.6 is 0 Å². The minimum absolute atomic E-state index is 0.0158. The summed E-state index contributed by atoms with van der Waals surface area (Å²) in [6, 6.07) is 0. The molecule has 10 fully saturated rings. The molecule has 290 valence electrons. The fourth-order valence-electron chi connectivity index (χ4n) is 11.3. The zero-order valence-corrected chi connectivity index (χ0v) is 30.8. The van der Waals surface area contributed by atoms with Crippen molar-refractivity contribution in [3.8, 4) is 0 Å². The lowest BCUT2D eigenvalue weighted by Gasteiger charge is -2.47. The maximum atomic E-state index is 14.1. The van der Waals surface area contributed by atoms with E-state index in [1.165, 1.54) is 0 Å². The highest BCUT2D eigenvalue weighted by molar-refractivity contribution is 5.79. The van der Waals surface area contributed by atoms with Gasteiger partial charge in [-0.05, 0) is 62.0 Å². The molecule has 12 nitrogen and oxygen atoms in total. The average Bonchev–Trinajstić information content (AvgIpc) is 3.79. The highest BCUT2D eigenvalue weighted by Gasteiger charge is 2.68. The fourth-order valence-corrected chi connectivity index (χ4v) is 11.3. The van der Waals surface area contributed by atoms with Gasteiger partial charge >= 0.3 is 0 Å². The van der Waals surface area contributed by atoms with Crippen LogP contribution in [0.5, 0.6) is 0 Å². The molecule has 3 N–H and O–H groups in total. The fraction of sp³-hybridized carbons (Fsp3) is 0.875. The summed E-state index contributed by atoms with van der Waals surface area (Å²) in [7, 11) is 1.66. The van der Waals surface area contributed by atoms with E-state index in [-0.39, 0.29) is 122 Å². The number of carbonyl (C=O) groups is 1. The molecule has 19 atom stereocenters. The molecular weight excluding hydrogens is 670 g/mol. The molecule has 0 aliphatic carbocycles. The first-order valence-corrected chi connectivity index (χ1v) is 20.2. The maximum Gasteiger partial charge on any atom is 0.172 e. The van der Waals surface area contributed by atoms with Gasteiger partial charge < -0.3 is 53.5 Å². The third kappa shape index (κ3) is 6.59. The summed E-state index contributed by atoms with van der Waals surface area (Å²) < 4.78 is 60.0. The zero-order valence-electron chi connectivity index (χ0n) is 30.8. The van der Waals surface area contributed by atoms with Crippen molar-refractivity contribution in [1.29, 1.82) is 0 Å². The van der Waals surface area contributed by atoms with Crippen LogP contribution in [0.1, 0.15) is 90.4 Å². The lowest BCUT2D eigenvalue weighted by Crippen LogP contribution is -2.61. The van der Waals surface area contributed by atoms with Crippen molar-refractivity contribution in [3.05, 3.63) is 24.3 Å². The average molecular weight is 730 g/mol. The molecule has 10 heterocycles. The van der Waals surface area contributed by atoms with Crippen molar-refractivity contribution in [2.24, 2.45) is 17.6 Å². The number of hydrogen-bond acceptors (Lipinski definition) is 12.